The molecule has 0 aliphatic rings. The molecule has 0 bridgehead atoms. The standard InChI is InChI=1S/C22H32O4/c1-2-3-4-5-6-10-15-20(23)16-11-7-8-12-17-21(24)18-13-9-14-19-22(25)26/h7-9,11-14,16-17,19-20,23H,2-6,10,15,18H2,1H3,(H,25,26)/t20-/m0/s1. The lowest BCUT2D eigenvalue weighted by Gasteiger charge is -2.04. The van der Waals surface area contributed by atoms with Gasteiger partial charge in [-0.25, -0.2) is 4.79 Å². The fourth-order valence-corrected chi connectivity index (χ4v) is 2.18. The molecule has 1 atom stereocenters. The van der Waals surface area contributed by atoms with Gasteiger partial charge in [0.25, 0.3) is 0 Å². The van der Waals surface area contributed by atoms with Gasteiger partial charge in [-0.05, 0) is 12.5 Å². The molecule has 4 heteroatoms. The molecule has 4 nitrogen and oxygen atoms in total. The Morgan fingerprint density at radius 3 is 2.23 bits per heavy atom. The first-order chi connectivity index (χ1) is 12.6. The third-order valence-corrected chi connectivity index (χ3v) is 3.61. The summed E-state index contributed by atoms with van der Waals surface area (Å²) in [5.74, 6) is -1.09. The number of aliphatic carboxylic acids is 1. The number of unbranched alkanes of at least 4 members (excludes halogenated alkanes) is 5. The topological polar surface area (TPSA) is 74.6 Å². The summed E-state index contributed by atoms with van der Waals surface area (Å²) in [7, 11) is 0. The number of aliphatic hydroxyl groups excluding tert-OH is 1. The van der Waals surface area contributed by atoms with Crippen molar-refractivity contribution in [3.63, 3.8) is 0 Å². The lowest BCUT2D eigenvalue weighted by molar-refractivity contribution is -0.131. The van der Waals surface area contributed by atoms with E-state index in [0.717, 1.165) is 18.9 Å². The molecule has 0 aromatic heterocycles. The second-order valence-electron chi connectivity index (χ2n) is 6.05. The van der Waals surface area contributed by atoms with Gasteiger partial charge in [-0.2, -0.15) is 0 Å². The maximum absolute atomic E-state index is 11.5. The van der Waals surface area contributed by atoms with Crippen molar-refractivity contribution in [3.05, 3.63) is 60.8 Å². The molecule has 0 fully saturated rings. The zero-order valence-electron chi connectivity index (χ0n) is 15.7. The number of aliphatic hydroxyl groups is 1. The Labute approximate surface area is 157 Å². The summed E-state index contributed by atoms with van der Waals surface area (Å²) in [5, 5.41) is 18.2. The Kier molecular flexibility index (Phi) is 16.1. The summed E-state index contributed by atoms with van der Waals surface area (Å²) in [5.41, 5.74) is 0. The minimum Gasteiger partial charge on any atom is -0.478 e. The van der Waals surface area contributed by atoms with Gasteiger partial charge in [0, 0.05) is 12.5 Å². The van der Waals surface area contributed by atoms with Crippen LogP contribution in [-0.2, 0) is 9.59 Å². The van der Waals surface area contributed by atoms with Crippen LogP contribution in [0.3, 0.4) is 0 Å². The average Bonchev–Trinajstić information content (AvgIpc) is 2.60. The number of carboxylic acids is 1. The van der Waals surface area contributed by atoms with Gasteiger partial charge in [-0.1, -0.05) is 94.1 Å². The van der Waals surface area contributed by atoms with Crippen LogP contribution in [0.2, 0.25) is 0 Å². The lowest BCUT2D eigenvalue weighted by atomic mass is 10.1. The molecular formula is C22H32O4. The SMILES string of the molecule is CCCCCCCC[C@H](O)C=CC=CC=CC(=O)CC=CC=CC(=O)O. The van der Waals surface area contributed by atoms with E-state index >= 15 is 0 Å². The summed E-state index contributed by atoms with van der Waals surface area (Å²) in [4.78, 5) is 21.8. The second-order valence-corrected chi connectivity index (χ2v) is 6.05. The highest BCUT2D eigenvalue weighted by atomic mass is 16.4. The van der Waals surface area contributed by atoms with Crippen LogP contribution in [0.15, 0.2) is 60.8 Å². The first-order valence-corrected chi connectivity index (χ1v) is 9.34. The Morgan fingerprint density at radius 1 is 0.846 bits per heavy atom. The predicted octanol–water partition coefficient (Wildman–Crippen LogP) is 4.92. The van der Waals surface area contributed by atoms with Crippen molar-refractivity contribution in [1.29, 1.82) is 0 Å². The molecule has 26 heavy (non-hydrogen) atoms. The van der Waals surface area contributed by atoms with Gasteiger partial charge in [-0.3, -0.25) is 4.79 Å². The van der Waals surface area contributed by atoms with Crippen LogP contribution >= 0.6 is 0 Å². The van der Waals surface area contributed by atoms with E-state index in [4.69, 9.17) is 5.11 Å². The largest absolute Gasteiger partial charge is 0.478 e. The number of hydrogen-bond acceptors (Lipinski definition) is 3. The molecule has 0 aromatic rings. The third-order valence-electron chi connectivity index (χ3n) is 3.61. The molecule has 2 N–H and O–H groups in total. The number of carbonyl (C=O) groups excluding carboxylic acids is 1. The van der Waals surface area contributed by atoms with Crippen LogP contribution in [0.1, 0.15) is 58.3 Å². The third kappa shape index (κ3) is 18.1. The first-order valence-electron chi connectivity index (χ1n) is 9.34. The Morgan fingerprint density at radius 2 is 1.50 bits per heavy atom. The van der Waals surface area contributed by atoms with Crippen LogP contribution in [0.5, 0.6) is 0 Å². The highest BCUT2D eigenvalue weighted by molar-refractivity contribution is 5.91. The Balaban J connectivity index is 3.85. The highest BCUT2D eigenvalue weighted by Gasteiger charge is 1.98. The normalized spacial score (nSPS) is 13.8. The van der Waals surface area contributed by atoms with E-state index in [2.05, 4.69) is 6.92 Å². The van der Waals surface area contributed by atoms with E-state index in [0.29, 0.717) is 0 Å². The number of rotatable bonds is 15. The molecule has 0 amide bonds. The summed E-state index contributed by atoms with van der Waals surface area (Å²) in [6, 6.07) is 0. The van der Waals surface area contributed by atoms with Crippen molar-refractivity contribution >= 4 is 11.8 Å². The molecule has 0 aliphatic carbocycles. The minimum absolute atomic E-state index is 0.0679. The second kappa shape index (κ2) is 17.6. The van der Waals surface area contributed by atoms with Gasteiger partial charge >= 0.3 is 5.97 Å². The molecule has 0 aliphatic heterocycles. The molecule has 0 saturated carbocycles. The zero-order valence-corrected chi connectivity index (χ0v) is 15.7. The van der Waals surface area contributed by atoms with Gasteiger partial charge in [0.05, 0.1) is 6.10 Å². The van der Waals surface area contributed by atoms with Gasteiger partial charge < -0.3 is 10.2 Å². The van der Waals surface area contributed by atoms with Gasteiger partial charge in [0.2, 0.25) is 0 Å². The number of carbonyl (C=O) groups is 2. The van der Waals surface area contributed by atoms with E-state index in [1.165, 1.54) is 50.3 Å². The quantitative estimate of drug-likeness (QED) is 0.247. The summed E-state index contributed by atoms with van der Waals surface area (Å²) >= 11 is 0. The zero-order chi connectivity index (χ0) is 19.5. The van der Waals surface area contributed by atoms with Crippen molar-refractivity contribution in [2.45, 2.75) is 64.4 Å². The number of carboxylic acid groups (broad SMARTS) is 1. The molecule has 144 valence electrons. The molecule has 0 rings (SSSR count). The maximum atomic E-state index is 11.5. The van der Waals surface area contributed by atoms with Crippen LogP contribution < -0.4 is 0 Å². The van der Waals surface area contributed by atoms with Gasteiger partial charge in [-0.15, -0.1) is 0 Å². The lowest BCUT2D eigenvalue weighted by Crippen LogP contribution is -2.01. The predicted molar refractivity (Wildman–Crippen MR) is 107 cm³/mol. The highest BCUT2D eigenvalue weighted by Crippen LogP contribution is 2.09. The van der Waals surface area contributed by atoms with E-state index in [9.17, 15) is 14.7 Å². The number of ketones is 1. The monoisotopic (exact) mass is 360 g/mol. The maximum Gasteiger partial charge on any atom is 0.328 e. The molecule has 0 radical (unpaired) electrons. The van der Waals surface area contributed by atoms with E-state index in [1.54, 1.807) is 36.5 Å². The van der Waals surface area contributed by atoms with E-state index < -0.39 is 12.1 Å². The Bertz CT molecular complexity index is 524. The Hall–Kier alpha value is -2.20. The summed E-state index contributed by atoms with van der Waals surface area (Å²) in [6.07, 6.45) is 23.6. The summed E-state index contributed by atoms with van der Waals surface area (Å²) < 4.78 is 0. The minimum atomic E-state index is -1.02. The average molecular weight is 360 g/mol. The van der Waals surface area contributed by atoms with Crippen LogP contribution in [0.4, 0.5) is 0 Å². The fraction of sp³-hybridized carbons (Fsp3) is 0.455. The van der Waals surface area contributed by atoms with Crippen molar-refractivity contribution in [2.24, 2.45) is 0 Å². The molecule has 0 aromatic carbocycles. The smallest absolute Gasteiger partial charge is 0.328 e. The van der Waals surface area contributed by atoms with Crippen molar-refractivity contribution in [1.82, 2.24) is 0 Å². The fourth-order valence-electron chi connectivity index (χ4n) is 2.18. The summed E-state index contributed by atoms with van der Waals surface area (Å²) in [6.45, 7) is 2.20. The van der Waals surface area contributed by atoms with Gasteiger partial charge in [0.1, 0.15) is 0 Å². The van der Waals surface area contributed by atoms with Crippen molar-refractivity contribution in [3.8, 4) is 0 Å². The molecule has 0 unspecified atom stereocenters. The number of hydrogen-bond donors (Lipinski definition) is 2. The first kappa shape index (κ1) is 23.8. The van der Waals surface area contributed by atoms with Crippen LogP contribution in [0, 0.1) is 0 Å². The molecule has 0 spiro atoms. The van der Waals surface area contributed by atoms with Gasteiger partial charge in [0.15, 0.2) is 5.78 Å². The van der Waals surface area contributed by atoms with Crippen LogP contribution in [0.25, 0.3) is 0 Å². The molecular weight excluding hydrogens is 328 g/mol. The van der Waals surface area contributed by atoms with Crippen molar-refractivity contribution < 1.29 is 19.8 Å². The van der Waals surface area contributed by atoms with E-state index in [-0.39, 0.29) is 12.2 Å². The van der Waals surface area contributed by atoms with Crippen molar-refractivity contribution in [2.75, 3.05) is 0 Å². The molecule has 0 saturated heterocycles. The van der Waals surface area contributed by atoms with Crippen LogP contribution in [-0.4, -0.2) is 28.1 Å². The molecule has 0 heterocycles. The number of allylic oxidation sites excluding steroid dienone is 8. The van der Waals surface area contributed by atoms with E-state index in [1.807, 2.05) is 0 Å².